The Morgan fingerprint density at radius 1 is 0.875 bits per heavy atom. The lowest BCUT2D eigenvalue weighted by molar-refractivity contribution is -0.277. The Labute approximate surface area is 179 Å². The van der Waals surface area contributed by atoms with Gasteiger partial charge in [-0.15, -0.1) is 0 Å². The fourth-order valence-corrected chi connectivity index (χ4v) is 3.42. The van der Waals surface area contributed by atoms with Crippen molar-refractivity contribution in [2.45, 2.75) is 30.7 Å². The summed E-state index contributed by atoms with van der Waals surface area (Å²) in [4.78, 5) is 11.8. The molecule has 1 unspecified atom stereocenters. The highest BCUT2D eigenvalue weighted by Crippen LogP contribution is 2.43. The maximum Gasteiger partial charge on any atom is 0.229 e. The van der Waals surface area contributed by atoms with Gasteiger partial charge in [-0.25, -0.2) is 0 Å². The Balaban J connectivity index is 1.84. The van der Waals surface area contributed by atoms with E-state index in [1.54, 1.807) is 0 Å². The molecule has 0 aromatic heterocycles. The van der Waals surface area contributed by atoms with Gasteiger partial charge in [-0.05, 0) is 24.3 Å². The van der Waals surface area contributed by atoms with E-state index in [-0.39, 0.29) is 28.4 Å². The highest BCUT2D eigenvalue weighted by Gasteiger charge is 2.45. The summed E-state index contributed by atoms with van der Waals surface area (Å²) in [5, 5.41) is 69.3. The number of fused-ring (bicyclic) bond motifs is 1. The molecule has 0 saturated carbocycles. The first-order valence-corrected chi connectivity index (χ1v) is 9.50. The molecule has 3 aliphatic rings. The number of benzene rings is 2. The van der Waals surface area contributed by atoms with E-state index in [0.29, 0.717) is 0 Å². The third-order valence-electron chi connectivity index (χ3n) is 5.13. The fourth-order valence-electron chi connectivity index (χ4n) is 3.42. The van der Waals surface area contributed by atoms with E-state index in [4.69, 9.17) is 13.9 Å². The van der Waals surface area contributed by atoms with Crippen LogP contribution in [-0.4, -0.2) is 73.1 Å². The van der Waals surface area contributed by atoms with Crippen molar-refractivity contribution in [3.63, 3.8) is 0 Å². The molecular weight excluding hydrogens is 428 g/mol. The average Bonchev–Trinajstić information content (AvgIpc) is 2.76. The minimum atomic E-state index is -1.72. The molecule has 0 bridgehead atoms. The van der Waals surface area contributed by atoms with Crippen molar-refractivity contribution in [1.82, 2.24) is 0 Å². The maximum atomic E-state index is 11.8. The molecule has 32 heavy (non-hydrogen) atoms. The lowest BCUT2D eigenvalue weighted by Gasteiger charge is -2.39. The number of hydrogen-bond acceptors (Lipinski definition) is 11. The molecule has 4 rings (SSSR count). The SMILES string of the molecule is O=c1cc2oc(-c3ccc(O)c(O)c3)c(OC3O[C@H](CO)[C@@H](O)[C@H](O)[C@H]3O)cc-2c(O)c1. The van der Waals surface area contributed by atoms with Crippen LogP contribution >= 0.6 is 0 Å². The summed E-state index contributed by atoms with van der Waals surface area (Å²) in [5.41, 5.74) is -0.255. The molecule has 0 spiro atoms. The second-order valence-corrected chi connectivity index (χ2v) is 7.31. The number of aliphatic hydroxyl groups excluding tert-OH is 4. The van der Waals surface area contributed by atoms with Crippen molar-refractivity contribution in [3.05, 3.63) is 46.6 Å². The van der Waals surface area contributed by atoms with E-state index in [9.17, 15) is 40.5 Å². The van der Waals surface area contributed by atoms with Gasteiger partial charge in [-0.3, -0.25) is 4.79 Å². The number of aromatic hydroxyl groups is 3. The zero-order chi connectivity index (χ0) is 23.2. The molecule has 170 valence electrons. The lowest BCUT2D eigenvalue weighted by Crippen LogP contribution is -2.60. The number of phenols is 3. The Morgan fingerprint density at radius 3 is 2.31 bits per heavy atom. The molecule has 2 heterocycles. The van der Waals surface area contributed by atoms with Crippen LogP contribution in [0.15, 0.2) is 45.6 Å². The van der Waals surface area contributed by atoms with Crippen LogP contribution in [0.3, 0.4) is 0 Å². The molecule has 2 aliphatic heterocycles. The monoisotopic (exact) mass is 448 g/mol. The van der Waals surface area contributed by atoms with Crippen LogP contribution in [0.1, 0.15) is 0 Å². The Bertz CT molecular complexity index is 1150. The maximum absolute atomic E-state index is 11.8. The largest absolute Gasteiger partial charge is 0.507 e. The van der Waals surface area contributed by atoms with Crippen LogP contribution in [0.25, 0.3) is 22.6 Å². The summed E-state index contributed by atoms with van der Waals surface area (Å²) < 4.78 is 16.8. The molecule has 7 N–H and O–H groups in total. The highest BCUT2D eigenvalue weighted by molar-refractivity contribution is 5.75. The molecule has 1 aromatic rings. The zero-order valence-corrected chi connectivity index (χ0v) is 16.3. The second kappa shape index (κ2) is 8.30. The van der Waals surface area contributed by atoms with Crippen molar-refractivity contribution in [2.24, 2.45) is 0 Å². The Hall–Kier alpha value is -3.35. The van der Waals surface area contributed by atoms with Crippen molar-refractivity contribution in [3.8, 4) is 45.6 Å². The van der Waals surface area contributed by atoms with Crippen molar-refractivity contribution in [2.75, 3.05) is 6.61 Å². The van der Waals surface area contributed by atoms with E-state index in [2.05, 4.69) is 0 Å². The molecule has 1 aromatic carbocycles. The van der Waals surface area contributed by atoms with Gasteiger partial charge >= 0.3 is 0 Å². The Morgan fingerprint density at radius 2 is 1.62 bits per heavy atom. The lowest BCUT2D eigenvalue weighted by atomic mass is 9.99. The molecule has 11 heteroatoms. The quantitative estimate of drug-likeness (QED) is 0.260. The van der Waals surface area contributed by atoms with E-state index in [1.807, 2.05) is 0 Å². The normalized spacial score (nSPS) is 25.7. The van der Waals surface area contributed by atoms with E-state index < -0.39 is 60.0 Å². The summed E-state index contributed by atoms with van der Waals surface area (Å²) in [6.45, 7) is -0.668. The molecule has 1 saturated heterocycles. The van der Waals surface area contributed by atoms with Crippen LogP contribution in [0, 0.1) is 0 Å². The first-order valence-electron chi connectivity index (χ1n) is 9.50. The van der Waals surface area contributed by atoms with Gasteiger partial charge in [-0.2, -0.15) is 0 Å². The van der Waals surface area contributed by atoms with E-state index in [1.165, 1.54) is 18.2 Å². The third kappa shape index (κ3) is 3.83. The molecule has 0 radical (unpaired) electrons. The van der Waals surface area contributed by atoms with Crippen LogP contribution in [0.4, 0.5) is 0 Å². The average molecular weight is 448 g/mol. The van der Waals surface area contributed by atoms with Crippen LogP contribution in [-0.2, 0) is 4.74 Å². The Kier molecular flexibility index (Phi) is 5.67. The number of rotatable bonds is 4. The van der Waals surface area contributed by atoms with Crippen LogP contribution in [0.5, 0.6) is 23.0 Å². The van der Waals surface area contributed by atoms with Gasteiger partial charge in [0.15, 0.2) is 28.4 Å². The van der Waals surface area contributed by atoms with Crippen molar-refractivity contribution in [1.29, 1.82) is 0 Å². The van der Waals surface area contributed by atoms with E-state index in [0.717, 1.165) is 18.2 Å². The van der Waals surface area contributed by atoms with Gasteiger partial charge in [0.05, 0.1) is 12.2 Å². The predicted molar refractivity (Wildman–Crippen MR) is 106 cm³/mol. The molecule has 1 fully saturated rings. The summed E-state index contributed by atoms with van der Waals surface area (Å²) in [6.07, 6.45) is -7.80. The third-order valence-corrected chi connectivity index (χ3v) is 5.13. The smallest absolute Gasteiger partial charge is 0.229 e. The van der Waals surface area contributed by atoms with Crippen LogP contribution in [0.2, 0.25) is 0 Å². The van der Waals surface area contributed by atoms with Gasteiger partial charge in [0.25, 0.3) is 0 Å². The first-order chi connectivity index (χ1) is 15.2. The van der Waals surface area contributed by atoms with Crippen molar-refractivity contribution >= 4 is 0 Å². The molecule has 11 nitrogen and oxygen atoms in total. The summed E-state index contributed by atoms with van der Waals surface area (Å²) in [6, 6.07) is 7.08. The summed E-state index contributed by atoms with van der Waals surface area (Å²) in [5.74, 6) is -1.51. The van der Waals surface area contributed by atoms with Gasteiger partial charge in [-0.1, -0.05) is 0 Å². The van der Waals surface area contributed by atoms with Crippen LogP contribution < -0.4 is 10.2 Å². The molecule has 5 atom stereocenters. The van der Waals surface area contributed by atoms with Gasteiger partial charge in [0.2, 0.25) is 6.29 Å². The molecular formula is C21H20O11. The minimum absolute atomic E-state index is 0.0151. The summed E-state index contributed by atoms with van der Waals surface area (Å²) >= 11 is 0. The predicted octanol–water partition coefficient (Wildman–Crippen LogP) is -0.293. The molecule has 0 amide bonds. The fraction of sp³-hybridized carbons (Fsp3) is 0.286. The number of hydrogen-bond donors (Lipinski definition) is 7. The summed E-state index contributed by atoms with van der Waals surface area (Å²) in [7, 11) is 0. The topological polar surface area (TPSA) is 190 Å². The first kappa shape index (κ1) is 21.9. The zero-order valence-electron chi connectivity index (χ0n) is 16.3. The van der Waals surface area contributed by atoms with Gasteiger partial charge in [0.1, 0.15) is 35.9 Å². The standard InChI is InChI=1S/C21H20O11/c22-7-16-17(27)18(28)19(29)21(32-16)31-15-6-10-12(25)4-9(23)5-14(10)30-20(15)8-1-2-11(24)13(26)3-8/h1-6,16-19,21-22,24-29H,7H2/t16-,17-,18+,19-,21?/m1/s1. The second-order valence-electron chi connectivity index (χ2n) is 7.31. The van der Waals surface area contributed by atoms with Crippen molar-refractivity contribution < 1.29 is 49.6 Å². The van der Waals surface area contributed by atoms with E-state index >= 15 is 0 Å². The number of aliphatic hydroxyl groups is 4. The minimum Gasteiger partial charge on any atom is -0.507 e. The van der Waals surface area contributed by atoms with Gasteiger partial charge in [0, 0.05) is 17.7 Å². The number of phenolic OH excluding ortho intramolecular Hbond substituents is 3. The molecule has 1 aliphatic carbocycles. The number of ether oxygens (including phenoxy) is 2. The highest BCUT2D eigenvalue weighted by atomic mass is 16.7. The van der Waals surface area contributed by atoms with Gasteiger partial charge < -0.3 is 49.6 Å².